The molecular formula is C14H8ClF3O3. The third-order valence-corrected chi connectivity index (χ3v) is 3.16. The van der Waals surface area contributed by atoms with E-state index >= 15 is 0 Å². The summed E-state index contributed by atoms with van der Waals surface area (Å²) in [6.07, 6.45) is -4.62. The van der Waals surface area contributed by atoms with Gasteiger partial charge in [-0.1, -0.05) is 17.7 Å². The third-order valence-electron chi connectivity index (χ3n) is 2.83. The average molecular weight is 317 g/mol. The Kier molecular flexibility index (Phi) is 3.82. The average Bonchev–Trinajstić information content (AvgIpc) is 2.38. The van der Waals surface area contributed by atoms with E-state index in [0.717, 1.165) is 18.2 Å². The molecule has 0 bridgehead atoms. The van der Waals surface area contributed by atoms with Crippen molar-refractivity contribution >= 4 is 17.6 Å². The zero-order chi connectivity index (χ0) is 15.8. The number of aromatic carboxylic acids is 1. The van der Waals surface area contributed by atoms with Crippen molar-refractivity contribution in [2.24, 2.45) is 0 Å². The second-order valence-electron chi connectivity index (χ2n) is 4.23. The van der Waals surface area contributed by atoms with Gasteiger partial charge in [-0.15, -0.1) is 0 Å². The number of benzene rings is 2. The van der Waals surface area contributed by atoms with Crippen LogP contribution in [0.15, 0.2) is 36.4 Å². The summed E-state index contributed by atoms with van der Waals surface area (Å²) in [6.45, 7) is 0. The molecule has 2 aromatic rings. The van der Waals surface area contributed by atoms with E-state index in [1.54, 1.807) is 0 Å². The second-order valence-corrected chi connectivity index (χ2v) is 4.64. The molecule has 0 saturated heterocycles. The van der Waals surface area contributed by atoms with Crippen molar-refractivity contribution < 1.29 is 28.2 Å². The molecule has 0 heterocycles. The van der Waals surface area contributed by atoms with Crippen molar-refractivity contribution in [1.82, 2.24) is 0 Å². The van der Waals surface area contributed by atoms with Crippen molar-refractivity contribution in [2.45, 2.75) is 6.18 Å². The Balaban J connectivity index is 2.55. The van der Waals surface area contributed by atoms with Gasteiger partial charge in [0, 0.05) is 5.56 Å². The van der Waals surface area contributed by atoms with Crippen molar-refractivity contribution in [2.75, 3.05) is 0 Å². The van der Waals surface area contributed by atoms with Gasteiger partial charge in [0.1, 0.15) is 5.75 Å². The van der Waals surface area contributed by atoms with E-state index in [9.17, 15) is 23.1 Å². The lowest BCUT2D eigenvalue weighted by Crippen LogP contribution is -2.06. The van der Waals surface area contributed by atoms with E-state index in [2.05, 4.69) is 0 Å². The lowest BCUT2D eigenvalue weighted by molar-refractivity contribution is -0.137. The van der Waals surface area contributed by atoms with Gasteiger partial charge in [0.2, 0.25) is 0 Å². The number of rotatable bonds is 2. The quantitative estimate of drug-likeness (QED) is 0.861. The van der Waals surface area contributed by atoms with Crippen LogP contribution in [0, 0.1) is 0 Å². The molecule has 7 heteroatoms. The molecule has 3 nitrogen and oxygen atoms in total. The van der Waals surface area contributed by atoms with Crippen molar-refractivity contribution in [3.8, 4) is 16.9 Å². The number of carboxylic acids is 1. The molecule has 0 radical (unpaired) electrons. The van der Waals surface area contributed by atoms with Gasteiger partial charge >= 0.3 is 12.1 Å². The molecule has 0 aliphatic carbocycles. The maximum absolute atomic E-state index is 12.8. The first-order chi connectivity index (χ1) is 9.70. The topological polar surface area (TPSA) is 57.5 Å². The molecule has 0 fully saturated rings. The summed E-state index contributed by atoms with van der Waals surface area (Å²) >= 11 is 5.51. The maximum Gasteiger partial charge on any atom is 0.417 e. The number of aromatic hydroxyl groups is 1. The van der Waals surface area contributed by atoms with E-state index in [1.807, 2.05) is 0 Å². The molecule has 0 aliphatic heterocycles. The molecule has 0 unspecified atom stereocenters. The largest absolute Gasteiger partial charge is 0.507 e. The lowest BCUT2D eigenvalue weighted by Gasteiger charge is -2.12. The molecule has 0 spiro atoms. The number of hydrogen-bond donors (Lipinski definition) is 2. The normalized spacial score (nSPS) is 11.4. The molecule has 0 amide bonds. The summed E-state index contributed by atoms with van der Waals surface area (Å²) in [6, 6.07) is 6.59. The van der Waals surface area contributed by atoms with Gasteiger partial charge in [-0.2, -0.15) is 13.2 Å². The van der Waals surface area contributed by atoms with Gasteiger partial charge in [0.25, 0.3) is 0 Å². The monoisotopic (exact) mass is 316 g/mol. The number of hydrogen-bond acceptors (Lipinski definition) is 2. The first-order valence-corrected chi connectivity index (χ1v) is 6.01. The highest BCUT2D eigenvalue weighted by Gasteiger charge is 2.33. The fourth-order valence-electron chi connectivity index (χ4n) is 1.82. The van der Waals surface area contributed by atoms with E-state index in [0.29, 0.717) is 0 Å². The Bertz CT molecular complexity index is 711. The molecule has 0 atom stereocenters. The molecule has 0 aliphatic rings. The fraction of sp³-hybridized carbons (Fsp3) is 0.0714. The first-order valence-electron chi connectivity index (χ1n) is 5.63. The van der Waals surface area contributed by atoms with E-state index in [1.165, 1.54) is 18.2 Å². The molecule has 110 valence electrons. The van der Waals surface area contributed by atoms with Crippen LogP contribution in [0.1, 0.15) is 15.9 Å². The second kappa shape index (κ2) is 5.29. The third kappa shape index (κ3) is 3.11. The summed E-state index contributed by atoms with van der Waals surface area (Å²) in [7, 11) is 0. The zero-order valence-electron chi connectivity index (χ0n) is 10.3. The van der Waals surface area contributed by atoms with Crippen LogP contribution in [0.4, 0.5) is 13.2 Å². The Morgan fingerprint density at radius 2 is 1.76 bits per heavy atom. The zero-order valence-corrected chi connectivity index (χ0v) is 11.0. The smallest absolute Gasteiger partial charge is 0.417 e. The number of phenols is 1. The number of carbonyl (C=O) groups is 1. The predicted molar refractivity (Wildman–Crippen MR) is 70.5 cm³/mol. The Morgan fingerprint density at radius 3 is 2.29 bits per heavy atom. The van der Waals surface area contributed by atoms with Crippen LogP contribution in [0.5, 0.6) is 5.75 Å². The van der Waals surface area contributed by atoms with Gasteiger partial charge in [-0.3, -0.25) is 0 Å². The number of carboxylic acid groups (broad SMARTS) is 1. The molecule has 0 saturated carbocycles. The first kappa shape index (κ1) is 15.2. The standard InChI is InChI=1S/C14H8ClF3O3/c15-11-4-2-7(5-10(11)14(16,17)18)9-3-1-8(13(20)21)6-12(9)19/h1-6,19H,(H,20,21). The van der Waals surface area contributed by atoms with Crippen LogP contribution in [0.25, 0.3) is 11.1 Å². The van der Waals surface area contributed by atoms with Crippen molar-refractivity contribution in [1.29, 1.82) is 0 Å². The summed E-state index contributed by atoms with van der Waals surface area (Å²) in [4.78, 5) is 10.8. The van der Waals surface area contributed by atoms with Crippen LogP contribution >= 0.6 is 11.6 Å². The molecule has 2 N–H and O–H groups in total. The number of alkyl halides is 3. The van der Waals surface area contributed by atoms with Gasteiger partial charge in [0.15, 0.2) is 0 Å². The molecule has 0 aromatic heterocycles. The summed E-state index contributed by atoms with van der Waals surface area (Å²) in [5.74, 6) is -1.67. The van der Waals surface area contributed by atoms with Gasteiger partial charge in [-0.25, -0.2) is 4.79 Å². The number of phenolic OH excluding ortho intramolecular Hbond substituents is 1. The van der Waals surface area contributed by atoms with Gasteiger partial charge in [-0.05, 0) is 35.9 Å². The molecular weight excluding hydrogens is 309 g/mol. The summed E-state index contributed by atoms with van der Waals surface area (Å²) in [5, 5.41) is 18.1. The highest BCUT2D eigenvalue weighted by atomic mass is 35.5. The van der Waals surface area contributed by atoms with Crippen molar-refractivity contribution in [3.05, 3.63) is 52.5 Å². The van der Waals surface area contributed by atoms with Gasteiger partial charge < -0.3 is 10.2 Å². The maximum atomic E-state index is 12.8. The predicted octanol–water partition coefficient (Wildman–Crippen LogP) is 4.43. The Hall–Kier alpha value is -2.21. The van der Waals surface area contributed by atoms with Crippen molar-refractivity contribution in [3.63, 3.8) is 0 Å². The van der Waals surface area contributed by atoms with E-state index in [-0.39, 0.29) is 16.7 Å². The van der Waals surface area contributed by atoms with Crippen LogP contribution in [-0.2, 0) is 6.18 Å². The minimum absolute atomic E-state index is 0.0844. The molecule has 21 heavy (non-hydrogen) atoms. The Morgan fingerprint density at radius 1 is 1.10 bits per heavy atom. The van der Waals surface area contributed by atoms with Crippen LogP contribution in [0.2, 0.25) is 5.02 Å². The number of halogens is 4. The minimum atomic E-state index is -4.62. The Labute approximate surface area is 122 Å². The molecule has 2 rings (SSSR count). The van der Waals surface area contributed by atoms with Gasteiger partial charge in [0.05, 0.1) is 16.1 Å². The highest BCUT2D eigenvalue weighted by molar-refractivity contribution is 6.31. The lowest BCUT2D eigenvalue weighted by atomic mass is 10.0. The highest BCUT2D eigenvalue weighted by Crippen LogP contribution is 2.39. The van der Waals surface area contributed by atoms with Crippen LogP contribution in [-0.4, -0.2) is 16.2 Å². The van der Waals surface area contributed by atoms with E-state index in [4.69, 9.17) is 16.7 Å². The SMILES string of the molecule is O=C(O)c1ccc(-c2ccc(Cl)c(C(F)(F)F)c2)c(O)c1. The molecule has 2 aromatic carbocycles. The fourth-order valence-corrected chi connectivity index (χ4v) is 2.04. The summed E-state index contributed by atoms with van der Waals surface area (Å²) in [5.41, 5.74) is -1.02. The van der Waals surface area contributed by atoms with Crippen LogP contribution in [0.3, 0.4) is 0 Å². The summed E-state index contributed by atoms with van der Waals surface area (Å²) < 4.78 is 38.4. The van der Waals surface area contributed by atoms with E-state index < -0.39 is 28.5 Å². The minimum Gasteiger partial charge on any atom is -0.507 e. The van der Waals surface area contributed by atoms with Crippen LogP contribution < -0.4 is 0 Å².